The maximum Gasteiger partial charge on any atom is 0.289 e. The van der Waals surface area contributed by atoms with Crippen molar-refractivity contribution in [2.45, 2.75) is 32.2 Å². The molecule has 0 spiro atoms. The summed E-state index contributed by atoms with van der Waals surface area (Å²) >= 11 is 0. The van der Waals surface area contributed by atoms with Crippen LogP contribution in [0.4, 0.5) is 0 Å². The Hall–Kier alpha value is -1.97. The van der Waals surface area contributed by atoms with Crippen LogP contribution in [-0.4, -0.2) is 23.4 Å². The van der Waals surface area contributed by atoms with Crippen LogP contribution in [0.1, 0.15) is 36.7 Å². The second-order valence-corrected chi connectivity index (χ2v) is 4.98. The summed E-state index contributed by atoms with van der Waals surface area (Å²) in [6.45, 7) is 2.91. The summed E-state index contributed by atoms with van der Waals surface area (Å²) in [6, 6.07) is 7.41. The fourth-order valence-corrected chi connectivity index (χ4v) is 2.55. The monoisotopic (exact) mass is 259 g/mol. The molecule has 100 valence electrons. The van der Waals surface area contributed by atoms with E-state index in [9.17, 15) is 4.79 Å². The van der Waals surface area contributed by atoms with Crippen molar-refractivity contribution in [1.29, 1.82) is 0 Å². The van der Waals surface area contributed by atoms with E-state index in [1.807, 2.05) is 11.0 Å². The van der Waals surface area contributed by atoms with Crippen molar-refractivity contribution >= 4 is 5.91 Å². The molecule has 0 bridgehead atoms. The van der Waals surface area contributed by atoms with E-state index in [1.165, 1.54) is 6.42 Å². The van der Waals surface area contributed by atoms with Crippen molar-refractivity contribution in [3.05, 3.63) is 36.3 Å². The molecule has 0 saturated carbocycles. The van der Waals surface area contributed by atoms with Gasteiger partial charge in [-0.3, -0.25) is 4.79 Å². The number of furan rings is 2. The van der Waals surface area contributed by atoms with Gasteiger partial charge in [-0.2, -0.15) is 0 Å². The Morgan fingerprint density at radius 1 is 1.26 bits per heavy atom. The van der Waals surface area contributed by atoms with Gasteiger partial charge >= 0.3 is 0 Å². The van der Waals surface area contributed by atoms with Gasteiger partial charge in [-0.1, -0.05) is 0 Å². The Morgan fingerprint density at radius 2 is 2.16 bits per heavy atom. The predicted molar refractivity (Wildman–Crippen MR) is 70.8 cm³/mol. The van der Waals surface area contributed by atoms with Gasteiger partial charge in [0, 0.05) is 12.6 Å². The summed E-state index contributed by atoms with van der Waals surface area (Å²) in [4.78, 5) is 14.3. The first kappa shape index (κ1) is 12.1. The first-order valence-corrected chi connectivity index (χ1v) is 6.70. The van der Waals surface area contributed by atoms with Crippen LogP contribution in [0.25, 0.3) is 11.5 Å². The Balaban J connectivity index is 1.80. The van der Waals surface area contributed by atoms with Gasteiger partial charge in [0.1, 0.15) is 0 Å². The number of carbonyl (C=O) groups excluding carboxylic acids is 1. The standard InChI is InChI=1S/C15H17NO3/c1-11-5-2-3-9-16(11)15(17)14-8-7-13(19-14)12-6-4-10-18-12/h4,6-8,10-11H,2-3,5,9H2,1H3/t11-/m1/s1. The van der Waals surface area contributed by atoms with Crippen LogP contribution < -0.4 is 0 Å². The highest BCUT2D eigenvalue weighted by Crippen LogP contribution is 2.25. The minimum Gasteiger partial charge on any atom is -0.461 e. The lowest BCUT2D eigenvalue weighted by Gasteiger charge is -2.32. The van der Waals surface area contributed by atoms with Crippen molar-refractivity contribution in [2.24, 2.45) is 0 Å². The summed E-state index contributed by atoms with van der Waals surface area (Å²) < 4.78 is 10.9. The molecular weight excluding hydrogens is 242 g/mol. The average molecular weight is 259 g/mol. The highest BCUT2D eigenvalue weighted by atomic mass is 16.4. The minimum absolute atomic E-state index is 0.0231. The number of likely N-dealkylation sites (tertiary alicyclic amines) is 1. The zero-order valence-corrected chi connectivity index (χ0v) is 11.0. The van der Waals surface area contributed by atoms with Crippen molar-refractivity contribution in [2.75, 3.05) is 6.54 Å². The zero-order valence-electron chi connectivity index (χ0n) is 11.0. The highest BCUT2D eigenvalue weighted by molar-refractivity contribution is 5.92. The summed E-state index contributed by atoms with van der Waals surface area (Å²) in [5.41, 5.74) is 0. The van der Waals surface area contributed by atoms with Crippen LogP contribution in [0.5, 0.6) is 0 Å². The smallest absolute Gasteiger partial charge is 0.289 e. The van der Waals surface area contributed by atoms with E-state index in [0.29, 0.717) is 23.3 Å². The SMILES string of the molecule is C[C@@H]1CCCCN1C(=O)c1ccc(-c2ccco2)o1. The molecule has 1 aliphatic rings. The van der Waals surface area contributed by atoms with Crippen LogP contribution in [-0.2, 0) is 0 Å². The summed E-state index contributed by atoms with van der Waals surface area (Å²) in [5, 5.41) is 0. The number of hydrogen-bond acceptors (Lipinski definition) is 3. The molecule has 4 heteroatoms. The molecule has 2 aromatic rings. The number of piperidine rings is 1. The van der Waals surface area contributed by atoms with E-state index in [1.54, 1.807) is 24.5 Å². The number of amides is 1. The second kappa shape index (κ2) is 4.96. The predicted octanol–water partition coefficient (Wildman–Crippen LogP) is 3.55. The molecule has 0 aromatic carbocycles. The molecule has 3 heterocycles. The van der Waals surface area contributed by atoms with E-state index >= 15 is 0 Å². The summed E-state index contributed by atoms with van der Waals surface area (Å²) in [5.74, 6) is 1.61. The van der Waals surface area contributed by atoms with Crippen LogP contribution in [0.2, 0.25) is 0 Å². The molecule has 0 N–H and O–H groups in total. The van der Waals surface area contributed by atoms with Crippen molar-refractivity contribution < 1.29 is 13.6 Å². The molecule has 3 rings (SSSR count). The van der Waals surface area contributed by atoms with Crippen LogP contribution in [0, 0.1) is 0 Å². The molecule has 0 aliphatic carbocycles. The Labute approximate surface area is 112 Å². The van der Waals surface area contributed by atoms with Gasteiger partial charge in [-0.25, -0.2) is 0 Å². The Morgan fingerprint density at radius 3 is 2.89 bits per heavy atom. The molecular formula is C15H17NO3. The molecule has 4 nitrogen and oxygen atoms in total. The van der Waals surface area contributed by atoms with Gasteiger partial charge in [-0.15, -0.1) is 0 Å². The van der Waals surface area contributed by atoms with Gasteiger partial charge < -0.3 is 13.7 Å². The van der Waals surface area contributed by atoms with Gasteiger partial charge in [0.15, 0.2) is 17.3 Å². The van der Waals surface area contributed by atoms with Crippen molar-refractivity contribution in [3.8, 4) is 11.5 Å². The first-order valence-electron chi connectivity index (χ1n) is 6.70. The lowest BCUT2D eigenvalue weighted by molar-refractivity contribution is 0.0604. The number of hydrogen-bond donors (Lipinski definition) is 0. The third kappa shape index (κ3) is 2.30. The molecule has 1 fully saturated rings. The summed E-state index contributed by atoms with van der Waals surface area (Å²) in [7, 11) is 0. The van der Waals surface area contributed by atoms with Gasteiger partial charge in [-0.05, 0) is 50.5 Å². The number of carbonyl (C=O) groups is 1. The van der Waals surface area contributed by atoms with Crippen LogP contribution in [0.15, 0.2) is 39.4 Å². The second-order valence-electron chi connectivity index (χ2n) is 4.98. The molecule has 2 aromatic heterocycles. The largest absolute Gasteiger partial charge is 0.461 e. The minimum atomic E-state index is -0.0231. The molecule has 0 radical (unpaired) electrons. The maximum absolute atomic E-state index is 12.4. The highest BCUT2D eigenvalue weighted by Gasteiger charge is 2.26. The Kier molecular flexibility index (Phi) is 3.15. The lowest BCUT2D eigenvalue weighted by Crippen LogP contribution is -2.41. The van der Waals surface area contributed by atoms with E-state index in [-0.39, 0.29) is 5.91 Å². The average Bonchev–Trinajstić information content (AvgIpc) is 3.09. The quantitative estimate of drug-likeness (QED) is 0.828. The number of nitrogens with zero attached hydrogens (tertiary/aromatic N) is 1. The van der Waals surface area contributed by atoms with E-state index < -0.39 is 0 Å². The maximum atomic E-state index is 12.4. The zero-order chi connectivity index (χ0) is 13.2. The third-order valence-electron chi connectivity index (χ3n) is 3.64. The van der Waals surface area contributed by atoms with Crippen LogP contribution >= 0.6 is 0 Å². The normalized spacial score (nSPS) is 19.6. The molecule has 19 heavy (non-hydrogen) atoms. The molecule has 1 aliphatic heterocycles. The number of rotatable bonds is 2. The van der Waals surface area contributed by atoms with Crippen molar-refractivity contribution in [3.63, 3.8) is 0 Å². The van der Waals surface area contributed by atoms with Crippen molar-refractivity contribution in [1.82, 2.24) is 4.90 Å². The van der Waals surface area contributed by atoms with E-state index in [2.05, 4.69) is 6.92 Å². The summed E-state index contributed by atoms with van der Waals surface area (Å²) in [6.07, 6.45) is 4.92. The molecule has 1 saturated heterocycles. The van der Waals surface area contributed by atoms with Crippen LogP contribution in [0.3, 0.4) is 0 Å². The molecule has 1 atom stereocenters. The topological polar surface area (TPSA) is 46.6 Å². The fraction of sp³-hybridized carbons (Fsp3) is 0.400. The van der Waals surface area contributed by atoms with E-state index in [4.69, 9.17) is 8.83 Å². The third-order valence-corrected chi connectivity index (χ3v) is 3.64. The first-order chi connectivity index (χ1) is 9.25. The molecule has 1 amide bonds. The van der Waals surface area contributed by atoms with Gasteiger partial charge in [0.25, 0.3) is 5.91 Å². The molecule has 0 unspecified atom stereocenters. The fourth-order valence-electron chi connectivity index (χ4n) is 2.55. The lowest BCUT2D eigenvalue weighted by atomic mass is 10.0. The Bertz CT molecular complexity index is 556. The van der Waals surface area contributed by atoms with Gasteiger partial charge in [0.2, 0.25) is 0 Å². The van der Waals surface area contributed by atoms with E-state index in [0.717, 1.165) is 19.4 Å². The van der Waals surface area contributed by atoms with Gasteiger partial charge in [0.05, 0.1) is 6.26 Å².